The Hall–Kier alpha value is -1.59. The predicted molar refractivity (Wildman–Crippen MR) is 103 cm³/mol. The molecule has 2 aliphatic rings. The second-order valence-corrected chi connectivity index (χ2v) is 7.65. The maximum Gasteiger partial charge on any atom is 0.227 e. The third kappa shape index (κ3) is 5.45. The summed E-state index contributed by atoms with van der Waals surface area (Å²) in [7, 11) is 0. The molecular weight excluding hydrogens is 350 g/mol. The van der Waals surface area contributed by atoms with Crippen LogP contribution >= 0.6 is 11.6 Å². The number of hydrogen-bond acceptors (Lipinski definition) is 3. The lowest BCUT2D eigenvalue weighted by Gasteiger charge is -2.29. The number of carbonyl (C=O) groups is 2. The number of nitrogens with zero attached hydrogens (tertiary/aromatic N) is 3. The molecule has 2 amide bonds. The van der Waals surface area contributed by atoms with Crippen LogP contribution < -0.4 is 0 Å². The lowest BCUT2D eigenvalue weighted by atomic mass is 10.1. The SMILES string of the molecule is O=C1CCN(C(=O)Cc2ccc(Cl)cc2)CCN1CCN1CCCCC1. The van der Waals surface area contributed by atoms with Crippen molar-refractivity contribution in [1.82, 2.24) is 14.7 Å². The van der Waals surface area contributed by atoms with Gasteiger partial charge >= 0.3 is 0 Å². The maximum atomic E-state index is 12.6. The molecule has 6 heteroatoms. The van der Waals surface area contributed by atoms with Gasteiger partial charge in [-0.3, -0.25) is 9.59 Å². The minimum absolute atomic E-state index is 0.0815. The number of likely N-dealkylation sites (tertiary alicyclic amines) is 1. The summed E-state index contributed by atoms with van der Waals surface area (Å²) < 4.78 is 0. The van der Waals surface area contributed by atoms with Crippen molar-refractivity contribution in [3.8, 4) is 0 Å². The van der Waals surface area contributed by atoms with Crippen molar-refractivity contribution in [3.63, 3.8) is 0 Å². The number of carbonyl (C=O) groups excluding carboxylic acids is 2. The Labute approximate surface area is 160 Å². The van der Waals surface area contributed by atoms with Crippen molar-refractivity contribution < 1.29 is 9.59 Å². The molecule has 1 aromatic carbocycles. The molecule has 0 saturated carbocycles. The third-order valence-electron chi connectivity index (χ3n) is 5.34. The average molecular weight is 378 g/mol. The van der Waals surface area contributed by atoms with Gasteiger partial charge in [0.05, 0.1) is 6.42 Å². The Morgan fingerprint density at radius 3 is 2.38 bits per heavy atom. The lowest BCUT2D eigenvalue weighted by Crippen LogP contribution is -2.41. The van der Waals surface area contributed by atoms with E-state index in [2.05, 4.69) is 4.90 Å². The van der Waals surface area contributed by atoms with E-state index < -0.39 is 0 Å². The molecule has 0 bridgehead atoms. The second kappa shape index (κ2) is 9.38. The van der Waals surface area contributed by atoms with Gasteiger partial charge in [-0.1, -0.05) is 30.2 Å². The molecule has 2 saturated heterocycles. The summed E-state index contributed by atoms with van der Waals surface area (Å²) in [4.78, 5) is 31.2. The van der Waals surface area contributed by atoms with E-state index in [1.807, 2.05) is 21.9 Å². The van der Waals surface area contributed by atoms with Crippen molar-refractivity contribution in [2.24, 2.45) is 0 Å². The van der Waals surface area contributed by atoms with Gasteiger partial charge in [0.15, 0.2) is 0 Å². The van der Waals surface area contributed by atoms with Crippen LogP contribution in [0, 0.1) is 0 Å². The van der Waals surface area contributed by atoms with Crippen LogP contribution in [0.25, 0.3) is 0 Å². The van der Waals surface area contributed by atoms with E-state index in [4.69, 9.17) is 11.6 Å². The zero-order valence-electron chi connectivity index (χ0n) is 15.3. The van der Waals surface area contributed by atoms with Gasteiger partial charge in [-0.15, -0.1) is 0 Å². The number of piperidine rings is 1. The van der Waals surface area contributed by atoms with Crippen molar-refractivity contribution >= 4 is 23.4 Å². The van der Waals surface area contributed by atoms with Crippen LogP contribution in [0.2, 0.25) is 5.02 Å². The van der Waals surface area contributed by atoms with Gasteiger partial charge in [0.2, 0.25) is 11.8 Å². The van der Waals surface area contributed by atoms with Gasteiger partial charge in [0.25, 0.3) is 0 Å². The third-order valence-corrected chi connectivity index (χ3v) is 5.60. The molecule has 0 unspecified atom stereocenters. The zero-order chi connectivity index (χ0) is 18.4. The minimum Gasteiger partial charge on any atom is -0.340 e. The quantitative estimate of drug-likeness (QED) is 0.791. The summed E-state index contributed by atoms with van der Waals surface area (Å²) >= 11 is 5.89. The zero-order valence-corrected chi connectivity index (χ0v) is 16.1. The molecule has 5 nitrogen and oxygen atoms in total. The molecule has 2 aliphatic heterocycles. The van der Waals surface area contributed by atoms with Crippen LogP contribution in [0.3, 0.4) is 0 Å². The van der Waals surface area contributed by atoms with E-state index >= 15 is 0 Å². The minimum atomic E-state index is 0.0815. The fraction of sp³-hybridized carbons (Fsp3) is 0.600. The van der Waals surface area contributed by atoms with Gasteiger partial charge in [-0.2, -0.15) is 0 Å². The molecule has 0 aromatic heterocycles. The first-order valence-electron chi connectivity index (χ1n) is 9.64. The van der Waals surface area contributed by atoms with Crippen molar-refractivity contribution in [2.45, 2.75) is 32.1 Å². The van der Waals surface area contributed by atoms with Gasteiger partial charge in [-0.25, -0.2) is 0 Å². The molecule has 3 rings (SSSR count). The summed E-state index contributed by atoms with van der Waals surface area (Å²) in [5.41, 5.74) is 0.955. The summed E-state index contributed by atoms with van der Waals surface area (Å²) in [6, 6.07) is 7.37. The lowest BCUT2D eigenvalue weighted by molar-refractivity contribution is -0.130. The van der Waals surface area contributed by atoms with E-state index in [1.165, 1.54) is 19.3 Å². The first kappa shape index (κ1) is 19.2. The average Bonchev–Trinajstić information content (AvgIpc) is 2.84. The van der Waals surface area contributed by atoms with E-state index in [9.17, 15) is 9.59 Å². The van der Waals surface area contributed by atoms with E-state index in [0.717, 1.165) is 31.7 Å². The molecule has 2 fully saturated rings. The molecular formula is C20H28ClN3O2. The topological polar surface area (TPSA) is 43.9 Å². The van der Waals surface area contributed by atoms with Crippen LogP contribution in [-0.2, 0) is 16.0 Å². The number of hydrogen-bond donors (Lipinski definition) is 0. The fourth-order valence-corrected chi connectivity index (χ4v) is 3.81. The largest absolute Gasteiger partial charge is 0.340 e. The first-order valence-corrected chi connectivity index (χ1v) is 10.0. The van der Waals surface area contributed by atoms with Crippen LogP contribution in [0.1, 0.15) is 31.2 Å². The second-order valence-electron chi connectivity index (χ2n) is 7.22. The molecule has 0 aliphatic carbocycles. The Kier molecular flexibility index (Phi) is 6.92. The standard InChI is InChI=1S/C20H28ClN3O2/c21-18-6-4-17(5-7-18)16-20(26)23-11-8-19(25)24(15-14-23)13-12-22-9-2-1-3-10-22/h4-7H,1-3,8-16H2. The fourth-order valence-electron chi connectivity index (χ4n) is 3.69. The summed E-state index contributed by atoms with van der Waals surface area (Å²) in [5, 5.41) is 0.672. The first-order chi connectivity index (χ1) is 12.6. The molecule has 0 N–H and O–H groups in total. The van der Waals surface area contributed by atoms with Gasteiger partial charge < -0.3 is 14.7 Å². The monoisotopic (exact) mass is 377 g/mol. The summed E-state index contributed by atoms with van der Waals surface area (Å²) in [6.45, 7) is 5.80. The molecule has 1 aromatic rings. The smallest absolute Gasteiger partial charge is 0.227 e. The normalized spacial score (nSPS) is 19.5. The van der Waals surface area contributed by atoms with Crippen molar-refractivity contribution in [1.29, 1.82) is 0 Å². The Bertz CT molecular complexity index is 614. The highest BCUT2D eigenvalue weighted by molar-refractivity contribution is 6.30. The Morgan fingerprint density at radius 1 is 0.923 bits per heavy atom. The number of benzene rings is 1. The molecule has 26 heavy (non-hydrogen) atoms. The van der Waals surface area contributed by atoms with Crippen LogP contribution in [0.15, 0.2) is 24.3 Å². The van der Waals surface area contributed by atoms with Crippen LogP contribution in [0.5, 0.6) is 0 Å². The highest BCUT2D eigenvalue weighted by Gasteiger charge is 2.24. The highest BCUT2D eigenvalue weighted by atomic mass is 35.5. The summed E-state index contributed by atoms with van der Waals surface area (Å²) in [6.07, 6.45) is 4.64. The Morgan fingerprint density at radius 2 is 1.65 bits per heavy atom. The van der Waals surface area contributed by atoms with Crippen LogP contribution in [0.4, 0.5) is 0 Å². The highest BCUT2D eigenvalue weighted by Crippen LogP contribution is 2.13. The number of amides is 2. The number of halogens is 1. The maximum absolute atomic E-state index is 12.6. The molecule has 0 spiro atoms. The van der Waals surface area contributed by atoms with Crippen LogP contribution in [-0.4, -0.2) is 72.3 Å². The summed E-state index contributed by atoms with van der Waals surface area (Å²) in [5.74, 6) is 0.252. The van der Waals surface area contributed by atoms with Crippen molar-refractivity contribution in [3.05, 3.63) is 34.9 Å². The van der Waals surface area contributed by atoms with Gasteiger partial charge in [0.1, 0.15) is 0 Å². The van der Waals surface area contributed by atoms with E-state index in [0.29, 0.717) is 37.5 Å². The van der Waals surface area contributed by atoms with Gasteiger partial charge in [-0.05, 0) is 43.6 Å². The predicted octanol–water partition coefficient (Wildman–Crippen LogP) is 2.43. The van der Waals surface area contributed by atoms with Crippen molar-refractivity contribution in [2.75, 3.05) is 45.8 Å². The number of rotatable bonds is 5. The molecule has 0 atom stereocenters. The van der Waals surface area contributed by atoms with E-state index in [1.54, 1.807) is 12.1 Å². The molecule has 142 valence electrons. The Balaban J connectivity index is 1.48. The molecule has 2 heterocycles. The van der Waals surface area contributed by atoms with Gasteiger partial charge in [0, 0.05) is 44.2 Å². The molecule has 0 radical (unpaired) electrons. The van der Waals surface area contributed by atoms with E-state index in [-0.39, 0.29) is 11.8 Å².